The molecule has 110 valence electrons. The van der Waals surface area contributed by atoms with E-state index in [4.69, 9.17) is 9.47 Å². The minimum Gasteiger partial charge on any atom is -0.481 e. The lowest BCUT2D eigenvalue weighted by molar-refractivity contribution is 0.0944. The van der Waals surface area contributed by atoms with E-state index in [0.717, 1.165) is 5.56 Å². The molecule has 1 amide bonds. The first-order valence-corrected chi connectivity index (χ1v) is 6.45. The van der Waals surface area contributed by atoms with Gasteiger partial charge in [-0.2, -0.15) is 0 Å². The molecule has 0 aliphatic rings. The highest BCUT2D eigenvalue weighted by atomic mass is 16.5. The van der Waals surface area contributed by atoms with Crippen LogP contribution in [-0.2, 0) is 6.54 Å². The number of carbonyl (C=O) groups is 1. The molecule has 7 nitrogen and oxygen atoms in total. The van der Waals surface area contributed by atoms with E-state index >= 15 is 0 Å². The van der Waals surface area contributed by atoms with Crippen molar-refractivity contribution in [1.82, 2.24) is 20.3 Å². The molecule has 21 heavy (non-hydrogen) atoms. The number of nitrogens with one attached hydrogen (secondary N) is 1. The molecule has 1 N–H and O–H groups in total. The smallest absolute Gasteiger partial charge is 0.270 e. The average molecular weight is 288 g/mol. The number of nitrogens with zero attached hydrogens (tertiary/aromatic N) is 3. The molecular formula is C14H16N4O3. The van der Waals surface area contributed by atoms with Crippen LogP contribution >= 0.6 is 0 Å². The number of rotatable bonds is 6. The van der Waals surface area contributed by atoms with E-state index in [1.165, 1.54) is 19.5 Å². The van der Waals surface area contributed by atoms with E-state index in [-0.39, 0.29) is 11.6 Å². The molecule has 2 aromatic rings. The van der Waals surface area contributed by atoms with E-state index in [1.54, 1.807) is 12.3 Å². The molecule has 0 radical (unpaired) electrons. The monoisotopic (exact) mass is 288 g/mol. The first-order chi connectivity index (χ1) is 10.2. The molecule has 0 aliphatic heterocycles. The molecule has 0 aromatic carbocycles. The van der Waals surface area contributed by atoms with Crippen molar-refractivity contribution in [1.29, 1.82) is 0 Å². The largest absolute Gasteiger partial charge is 0.481 e. The maximum absolute atomic E-state index is 12.1. The van der Waals surface area contributed by atoms with Crippen LogP contribution in [0.3, 0.4) is 0 Å². The number of pyridine rings is 1. The van der Waals surface area contributed by atoms with Crippen molar-refractivity contribution in [2.24, 2.45) is 0 Å². The second kappa shape index (κ2) is 7.18. The zero-order valence-electron chi connectivity index (χ0n) is 11.9. The van der Waals surface area contributed by atoms with Crippen molar-refractivity contribution in [3.05, 3.63) is 42.0 Å². The van der Waals surface area contributed by atoms with Gasteiger partial charge in [-0.1, -0.05) is 6.07 Å². The quantitative estimate of drug-likeness (QED) is 0.859. The second-order valence-corrected chi connectivity index (χ2v) is 4.03. The number of hydrogen-bond acceptors (Lipinski definition) is 6. The van der Waals surface area contributed by atoms with Gasteiger partial charge < -0.3 is 14.8 Å². The van der Waals surface area contributed by atoms with E-state index in [0.29, 0.717) is 24.9 Å². The van der Waals surface area contributed by atoms with Crippen molar-refractivity contribution in [3.8, 4) is 11.8 Å². The molecule has 2 rings (SSSR count). The summed E-state index contributed by atoms with van der Waals surface area (Å²) in [5.41, 5.74) is 1.03. The summed E-state index contributed by atoms with van der Waals surface area (Å²) in [5.74, 6) is 0.538. The molecule has 0 bridgehead atoms. The van der Waals surface area contributed by atoms with Crippen molar-refractivity contribution in [2.75, 3.05) is 13.7 Å². The van der Waals surface area contributed by atoms with Gasteiger partial charge in [-0.3, -0.25) is 4.79 Å². The average Bonchev–Trinajstić information content (AvgIpc) is 2.53. The number of aromatic nitrogens is 3. The van der Waals surface area contributed by atoms with Gasteiger partial charge in [0.1, 0.15) is 12.0 Å². The molecule has 2 heterocycles. The Hall–Kier alpha value is -2.70. The SMILES string of the molecule is CCOc1cc(C(=O)NCc2cccnc2OC)ncn1. The highest BCUT2D eigenvalue weighted by Crippen LogP contribution is 2.13. The van der Waals surface area contributed by atoms with Crippen LogP contribution < -0.4 is 14.8 Å². The van der Waals surface area contributed by atoms with Crippen LogP contribution in [0.25, 0.3) is 0 Å². The lowest BCUT2D eigenvalue weighted by Gasteiger charge is -2.08. The highest BCUT2D eigenvalue weighted by Gasteiger charge is 2.10. The van der Waals surface area contributed by atoms with Gasteiger partial charge in [0.15, 0.2) is 0 Å². The van der Waals surface area contributed by atoms with Crippen molar-refractivity contribution in [2.45, 2.75) is 13.5 Å². The van der Waals surface area contributed by atoms with Crippen LogP contribution in [0.15, 0.2) is 30.7 Å². The first kappa shape index (κ1) is 14.7. The van der Waals surface area contributed by atoms with Gasteiger partial charge in [0.2, 0.25) is 11.8 Å². The maximum atomic E-state index is 12.1. The van der Waals surface area contributed by atoms with Gasteiger partial charge in [-0.15, -0.1) is 0 Å². The summed E-state index contributed by atoms with van der Waals surface area (Å²) in [4.78, 5) is 24.0. The Kier molecular flexibility index (Phi) is 5.03. The summed E-state index contributed by atoms with van der Waals surface area (Å²) in [6.45, 7) is 2.62. The second-order valence-electron chi connectivity index (χ2n) is 4.03. The fourth-order valence-electron chi connectivity index (χ4n) is 1.70. The normalized spacial score (nSPS) is 10.0. The fraction of sp³-hybridized carbons (Fsp3) is 0.286. The summed E-state index contributed by atoms with van der Waals surface area (Å²) in [5, 5.41) is 2.75. The van der Waals surface area contributed by atoms with Crippen LogP contribution in [0.4, 0.5) is 0 Å². The zero-order chi connectivity index (χ0) is 15.1. The van der Waals surface area contributed by atoms with Crippen molar-refractivity contribution in [3.63, 3.8) is 0 Å². The summed E-state index contributed by atoms with van der Waals surface area (Å²) in [6, 6.07) is 5.11. The Morgan fingerprint density at radius 3 is 2.95 bits per heavy atom. The predicted molar refractivity (Wildman–Crippen MR) is 75.2 cm³/mol. The number of carbonyl (C=O) groups excluding carboxylic acids is 1. The zero-order valence-corrected chi connectivity index (χ0v) is 11.9. The molecule has 0 saturated carbocycles. The third-order valence-electron chi connectivity index (χ3n) is 2.65. The summed E-state index contributed by atoms with van der Waals surface area (Å²) in [7, 11) is 1.53. The predicted octanol–water partition coefficient (Wildman–Crippen LogP) is 1.21. The molecule has 7 heteroatoms. The van der Waals surface area contributed by atoms with Gasteiger partial charge >= 0.3 is 0 Å². The molecule has 0 unspecified atom stereocenters. The highest BCUT2D eigenvalue weighted by molar-refractivity contribution is 5.92. The topological polar surface area (TPSA) is 86.2 Å². The van der Waals surface area contributed by atoms with Crippen molar-refractivity contribution < 1.29 is 14.3 Å². The lowest BCUT2D eigenvalue weighted by Crippen LogP contribution is -2.24. The molecule has 2 aromatic heterocycles. The Labute approximate surface area is 122 Å². The Balaban J connectivity index is 2.03. The van der Waals surface area contributed by atoms with E-state index in [2.05, 4.69) is 20.3 Å². The molecule has 0 atom stereocenters. The summed E-state index contributed by atoms with van der Waals surface area (Å²) >= 11 is 0. The third kappa shape index (κ3) is 3.88. The van der Waals surface area contributed by atoms with Gasteiger partial charge in [-0.05, 0) is 13.0 Å². The van der Waals surface area contributed by atoms with E-state index in [9.17, 15) is 4.79 Å². The van der Waals surface area contributed by atoms with Crippen LogP contribution in [0.5, 0.6) is 11.8 Å². The maximum Gasteiger partial charge on any atom is 0.270 e. The Morgan fingerprint density at radius 2 is 2.19 bits per heavy atom. The van der Waals surface area contributed by atoms with Crippen LogP contribution in [-0.4, -0.2) is 34.6 Å². The first-order valence-electron chi connectivity index (χ1n) is 6.45. The van der Waals surface area contributed by atoms with Crippen LogP contribution in [0.1, 0.15) is 23.0 Å². The summed E-state index contributed by atoms with van der Waals surface area (Å²) < 4.78 is 10.4. The van der Waals surface area contributed by atoms with Crippen LogP contribution in [0.2, 0.25) is 0 Å². The van der Waals surface area contributed by atoms with Gasteiger partial charge in [0.25, 0.3) is 5.91 Å². The fourth-order valence-corrected chi connectivity index (χ4v) is 1.70. The van der Waals surface area contributed by atoms with E-state index in [1.807, 2.05) is 13.0 Å². The Bertz CT molecular complexity index is 619. The number of methoxy groups -OCH3 is 1. The third-order valence-corrected chi connectivity index (χ3v) is 2.65. The van der Waals surface area contributed by atoms with Crippen LogP contribution in [0, 0.1) is 0 Å². The molecule has 0 fully saturated rings. The Morgan fingerprint density at radius 1 is 1.33 bits per heavy atom. The lowest BCUT2D eigenvalue weighted by atomic mass is 10.2. The number of hydrogen-bond donors (Lipinski definition) is 1. The van der Waals surface area contributed by atoms with Gasteiger partial charge in [0, 0.05) is 24.4 Å². The molecular weight excluding hydrogens is 272 g/mol. The number of ether oxygens (including phenoxy) is 2. The van der Waals surface area contributed by atoms with Gasteiger partial charge in [0.05, 0.1) is 13.7 Å². The summed E-state index contributed by atoms with van der Waals surface area (Å²) in [6.07, 6.45) is 2.92. The van der Waals surface area contributed by atoms with E-state index < -0.39 is 0 Å². The van der Waals surface area contributed by atoms with Crippen molar-refractivity contribution >= 4 is 5.91 Å². The molecule has 0 spiro atoms. The van der Waals surface area contributed by atoms with Gasteiger partial charge in [-0.25, -0.2) is 15.0 Å². The molecule has 0 saturated heterocycles. The minimum atomic E-state index is -0.316. The number of amides is 1. The standard InChI is InChI=1S/C14H16N4O3/c1-3-21-12-7-11(17-9-18-12)13(19)16-8-10-5-4-6-15-14(10)20-2/h4-7,9H,3,8H2,1-2H3,(H,16,19). The molecule has 0 aliphatic carbocycles. The minimum absolute atomic E-state index is 0.247.